The van der Waals surface area contributed by atoms with Crippen LogP contribution in [0.15, 0.2) is 36.4 Å². The Bertz CT molecular complexity index is 861. The van der Waals surface area contributed by atoms with Gasteiger partial charge in [0.2, 0.25) is 0 Å². The van der Waals surface area contributed by atoms with Gasteiger partial charge in [-0.05, 0) is 41.7 Å². The normalized spacial score (nSPS) is 21.7. The van der Waals surface area contributed by atoms with E-state index in [1.54, 1.807) is 17.0 Å². The maximum Gasteiger partial charge on any atom is 0.259 e. The average Bonchev–Trinajstić information content (AvgIpc) is 2.81. The van der Waals surface area contributed by atoms with E-state index in [-0.39, 0.29) is 29.0 Å². The third-order valence-electron chi connectivity index (χ3n) is 4.78. The van der Waals surface area contributed by atoms with Crippen molar-refractivity contribution < 1.29 is 14.7 Å². The number of rotatable bonds is 1. The number of hydrogen-bond donors (Lipinski definition) is 0. The summed E-state index contributed by atoms with van der Waals surface area (Å²) in [4.78, 5) is 26.0. The Kier molecular flexibility index (Phi) is 3.00. The molecule has 23 heavy (non-hydrogen) atoms. The van der Waals surface area contributed by atoms with Crippen LogP contribution in [0.2, 0.25) is 5.02 Å². The summed E-state index contributed by atoms with van der Waals surface area (Å²) in [6.07, 6.45) is 0.739. The molecule has 4 nitrogen and oxygen atoms in total. The van der Waals surface area contributed by atoms with Crippen LogP contribution in [-0.2, 0) is 0 Å². The summed E-state index contributed by atoms with van der Waals surface area (Å²) in [5, 5.41) is 12.0. The number of amides is 1. The van der Waals surface area contributed by atoms with Crippen molar-refractivity contribution in [3.63, 3.8) is 0 Å². The fraction of sp³-hybridized carbons (Fsp3) is 0.222. The number of hydrogen-bond acceptors (Lipinski definition) is 3. The molecule has 0 saturated carbocycles. The summed E-state index contributed by atoms with van der Waals surface area (Å²) in [6, 6.07) is 10.3. The van der Waals surface area contributed by atoms with E-state index in [0.717, 1.165) is 23.2 Å². The summed E-state index contributed by atoms with van der Waals surface area (Å²) in [5.41, 5.74) is 2.82. The van der Waals surface area contributed by atoms with Crippen molar-refractivity contribution in [2.75, 3.05) is 4.90 Å². The highest BCUT2D eigenvalue weighted by atomic mass is 35.5. The fourth-order valence-corrected chi connectivity index (χ4v) is 3.95. The summed E-state index contributed by atoms with van der Waals surface area (Å²) in [7, 11) is 0. The van der Waals surface area contributed by atoms with Crippen molar-refractivity contribution in [1.82, 2.24) is 0 Å². The maximum atomic E-state index is 12.9. The molecule has 0 unspecified atom stereocenters. The van der Waals surface area contributed by atoms with Gasteiger partial charge in [-0.15, -0.1) is 0 Å². The van der Waals surface area contributed by atoms with Crippen LogP contribution < -0.4 is 10.0 Å². The van der Waals surface area contributed by atoms with E-state index in [9.17, 15) is 14.7 Å². The highest BCUT2D eigenvalue weighted by Gasteiger charge is 2.43. The number of carboxylic acid groups (broad SMARTS) is 1. The lowest BCUT2D eigenvalue weighted by Gasteiger charge is -2.36. The van der Waals surface area contributed by atoms with E-state index < -0.39 is 5.97 Å². The fourth-order valence-electron chi connectivity index (χ4n) is 3.77. The Morgan fingerprint density at radius 3 is 2.78 bits per heavy atom. The molecule has 0 radical (unpaired) electrons. The second-order valence-corrected chi connectivity index (χ2v) is 6.52. The Morgan fingerprint density at radius 1 is 1.26 bits per heavy atom. The first-order chi connectivity index (χ1) is 11.0. The largest absolute Gasteiger partial charge is 0.545 e. The first-order valence-electron chi connectivity index (χ1n) is 7.46. The van der Waals surface area contributed by atoms with Crippen LogP contribution in [0.3, 0.4) is 0 Å². The zero-order valence-electron chi connectivity index (χ0n) is 12.4. The second-order valence-electron chi connectivity index (χ2n) is 6.09. The molecule has 2 aliphatic heterocycles. The van der Waals surface area contributed by atoms with Crippen molar-refractivity contribution in [2.24, 2.45) is 0 Å². The van der Waals surface area contributed by atoms with Crippen LogP contribution in [0.4, 0.5) is 5.69 Å². The van der Waals surface area contributed by atoms with Crippen LogP contribution in [0.5, 0.6) is 0 Å². The van der Waals surface area contributed by atoms with Gasteiger partial charge < -0.3 is 14.8 Å². The van der Waals surface area contributed by atoms with Crippen molar-refractivity contribution in [3.05, 3.63) is 63.7 Å². The molecule has 0 fully saturated rings. The van der Waals surface area contributed by atoms with Crippen molar-refractivity contribution >= 4 is 29.2 Å². The quantitative estimate of drug-likeness (QED) is 0.809. The Labute approximate surface area is 138 Å². The average molecular weight is 327 g/mol. The van der Waals surface area contributed by atoms with Crippen molar-refractivity contribution in [1.29, 1.82) is 0 Å². The summed E-state index contributed by atoms with van der Waals surface area (Å²) < 4.78 is 0. The topological polar surface area (TPSA) is 60.4 Å². The van der Waals surface area contributed by atoms with Gasteiger partial charge in [0.05, 0.1) is 17.6 Å². The molecule has 2 aliphatic rings. The summed E-state index contributed by atoms with van der Waals surface area (Å²) in [5.74, 6) is -1.37. The monoisotopic (exact) mass is 326 g/mol. The van der Waals surface area contributed by atoms with Gasteiger partial charge in [0.1, 0.15) is 0 Å². The molecule has 1 amide bonds. The van der Waals surface area contributed by atoms with Gasteiger partial charge in [0, 0.05) is 16.3 Å². The molecule has 4 rings (SSSR count). The summed E-state index contributed by atoms with van der Waals surface area (Å²) in [6.45, 7) is 2.09. The van der Waals surface area contributed by atoms with E-state index >= 15 is 0 Å². The lowest BCUT2D eigenvalue weighted by Crippen LogP contribution is -2.33. The Balaban J connectivity index is 1.94. The van der Waals surface area contributed by atoms with Gasteiger partial charge in [0.25, 0.3) is 5.91 Å². The third-order valence-corrected chi connectivity index (χ3v) is 5.01. The van der Waals surface area contributed by atoms with E-state index in [2.05, 4.69) is 6.92 Å². The molecule has 0 spiro atoms. The molecule has 0 saturated heterocycles. The lowest BCUT2D eigenvalue weighted by atomic mass is 9.85. The molecule has 2 atom stereocenters. The summed E-state index contributed by atoms with van der Waals surface area (Å²) >= 11 is 6.09. The zero-order valence-corrected chi connectivity index (χ0v) is 13.1. The van der Waals surface area contributed by atoms with Crippen LogP contribution >= 0.6 is 11.6 Å². The van der Waals surface area contributed by atoms with Crippen LogP contribution in [-0.4, -0.2) is 11.9 Å². The lowest BCUT2D eigenvalue weighted by molar-refractivity contribution is -0.255. The molecule has 2 heterocycles. The molecule has 2 aromatic carbocycles. The highest BCUT2D eigenvalue weighted by molar-refractivity contribution is 6.30. The third kappa shape index (κ3) is 1.91. The minimum atomic E-state index is -1.32. The van der Waals surface area contributed by atoms with Crippen molar-refractivity contribution in [3.8, 4) is 0 Å². The minimum Gasteiger partial charge on any atom is -0.545 e. The first kappa shape index (κ1) is 14.3. The molecule has 0 N–H and O–H groups in total. The van der Waals surface area contributed by atoms with E-state index in [4.69, 9.17) is 11.6 Å². The molecule has 116 valence electrons. The smallest absolute Gasteiger partial charge is 0.259 e. The second kappa shape index (κ2) is 4.83. The van der Waals surface area contributed by atoms with Gasteiger partial charge in [-0.1, -0.05) is 36.7 Å². The standard InChI is InChI=1S/C18H14ClNO3/c1-9-7-15-11-3-2-4-12(18(22)23)16(11)17(21)20(15)14-6-5-10(19)8-13(9)14/h2-6,8-9,15H,7H2,1H3,(H,22,23)/p-1/t9-,15+/m1/s1. The highest BCUT2D eigenvalue weighted by Crippen LogP contribution is 2.50. The Hall–Kier alpha value is -2.33. The predicted octanol–water partition coefficient (Wildman–Crippen LogP) is 2.91. The number of nitrogens with zero attached hydrogens (tertiary/aromatic N) is 1. The number of halogens is 1. The van der Waals surface area contributed by atoms with Crippen LogP contribution in [0, 0.1) is 0 Å². The van der Waals surface area contributed by atoms with Crippen LogP contribution in [0.25, 0.3) is 0 Å². The molecular formula is C18H13ClNO3-. The zero-order chi connectivity index (χ0) is 16.3. The molecule has 0 aliphatic carbocycles. The van der Waals surface area contributed by atoms with Crippen molar-refractivity contribution in [2.45, 2.75) is 25.3 Å². The minimum absolute atomic E-state index is 0.0370. The molecule has 2 aromatic rings. The Morgan fingerprint density at radius 2 is 2.04 bits per heavy atom. The number of carbonyl (C=O) groups excluding carboxylic acids is 2. The number of carbonyl (C=O) groups is 2. The van der Waals surface area contributed by atoms with Crippen LogP contribution in [0.1, 0.15) is 57.1 Å². The molecule has 0 aromatic heterocycles. The van der Waals surface area contributed by atoms with E-state index in [1.165, 1.54) is 6.07 Å². The number of aromatic carboxylic acids is 1. The number of anilines is 1. The van der Waals surface area contributed by atoms with E-state index in [1.807, 2.05) is 18.2 Å². The SMILES string of the molecule is C[C@@H]1C[C@H]2c3cccc(C(=O)[O-])c3C(=O)N2c2ccc(Cl)cc21. The van der Waals surface area contributed by atoms with Gasteiger partial charge in [-0.2, -0.15) is 0 Å². The predicted molar refractivity (Wildman–Crippen MR) is 84.8 cm³/mol. The van der Waals surface area contributed by atoms with Gasteiger partial charge in [-0.3, -0.25) is 4.79 Å². The number of benzene rings is 2. The van der Waals surface area contributed by atoms with Gasteiger partial charge in [0.15, 0.2) is 0 Å². The molecule has 5 heteroatoms. The van der Waals surface area contributed by atoms with Gasteiger partial charge in [-0.25, -0.2) is 0 Å². The van der Waals surface area contributed by atoms with Gasteiger partial charge >= 0.3 is 0 Å². The first-order valence-corrected chi connectivity index (χ1v) is 7.84. The number of carboxylic acids is 1. The number of fused-ring (bicyclic) bond motifs is 5. The molecular weight excluding hydrogens is 314 g/mol. The van der Waals surface area contributed by atoms with E-state index in [0.29, 0.717) is 5.02 Å². The molecule has 0 bridgehead atoms. The maximum absolute atomic E-state index is 12.9.